The van der Waals surface area contributed by atoms with Crippen molar-refractivity contribution >= 4 is 39.5 Å². The van der Waals surface area contributed by atoms with E-state index in [9.17, 15) is 0 Å². The highest BCUT2D eigenvalue weighted by molar-refractivity contribution is 7.62. The Morgan fingerprint density at radius 1 is 1.09 bits per heavy atom. The van der Waals surface area contributed by atoms with Crippen molar-refractivity contribution in [1.29, 1.82) is 0 Å². The van der Waals surface area contributed by atoms with Crippen molar-refractivity contribution < 1.29 is 4.43 Å². The van der Waals surface area contributed by atoms with Crippen LogP contribution in [0.1, 0.15) is 32.6 Å². The first-order valence-corrected chi connectivity index (χ1v) is 8.71. The molecule has 0 amide bonds. The van der Waals surface area contributed by atoms with Gasteiger partial charge in [-0.1, -0.05) is 59.4 Å². The summed E-state index contributed by atoms with van der Waals surface area (Å²) in [5, 5.41) is 0. The van der Waals surface area contributed by atoms with Gasteiger partial charge in [-0.25, -0.2) is 0 Å². The maximum absolute atomic E-state index is 5.49. The van der Waals surface area contributed by atoms with Crippen LogP contribution in [0.2, 0.25) is 0 Å². The van der Waals surface area contributed by atoms with Gasteiger partial charge in [0.1, 0.15) is 0 Å². The quantitative estimate of drug-likeness (QED) is 0.387. The fraction of sp³-hybridized carbons (Fsp3) is 1.00. The highest BCUT2D eigenvalue weighted by Crippen LogP contribution is 2.21. The van der Waals surface area contributed by atoms with Gasteiger partial charge in [0.05, 0.1) is 0 Å². The van der Waals surface area contributed by atoms with Crippen LogP contribution in [0.5, 0.6) is 0 Å². The summed E-state index contributed by atoms with van der Waals surface area (Å²) in [6, 6.07) is 0. The van der Waals surface area contributed by atoms with Crippen molar-refractivity contribution in [3.05, 3.63) is 0 Å². The number of hydrogen-bond donors (Lipinski definition) is 0. The van der Waals surface area contributed by atoms with E-state index < -0.39 is 6.25 Å². The average molecular weight is 236 g/mol. The van der Waals surface area contributed by atoms with E-state index in [4.69, 9.17) is 37.7 Å². The standard InChI is InChI=1S/C6H13Cl3OSi/c1-2-3-4-5-6-10-11(7,8)9/h2-6H2,1H3. The second-order valence-corrected chi connectivity index (χ2v) is 10.1. The molecule has 0 aromatic heterocycles. The lowest BCUT2D eigenvalue weighted by molar-refractivity contribution is 0.321. The number of hydrogen-bond acceptors (Lipinski definition) is 1. The molecule has 0 radical (unpaired) electrons. The lowest BCUT2D eigenvalue weighted by Gasteiger charge is -2.08. The summed E-state index contributed by atoms with van der Waals surface area (Å²) in [5.41, 5.74) is 0. The van der Waals surface area contributed by atoms with Crippen molar-refractivity contribution in [2.45, 2.75) is 32.6 Å². The molecule has 0 aromatic carbocycles. The fourth-order valence-electron chi connectivity index (χ4n) is 0.717. The highest BCUT2D eigenvalue weighted by Gasteiger charge is 2.26. The Balaban J connectivity index is 3.02. The molecule has 0 aromatic rings. The Kier molecular flexibility index (Phi) is 7.17. The predicted octanol–water partition coefficient (Wildman–Crippen LogP) is 3.74. The van der Waals surface area contributed by atoms with E-state index in [1.54, 1.807) is 0 Å². The second-order valence-electron chi connectivity index (χ2n) is 2.35. The van der Waals surface area contributed by atoms with Crippen LogP contribution >= 0.6 is 33.2 Å². The van der Waals surface area contributed by atoms with E-state index in [1.807, 2.05) is 0 Å². The Labute approximate surface area is 83.2 Å². The molecular formula is C6H13Cl3OSi. The van der Waals surface area contributed by atoms with Crippen LogP contribution in [0.4, 0.5) is 0 Å². The van der Waals surface area contributed by atoms with E-state index >= 15 is 0 Å². The van der Waals surface area contributed by atoms with E-state index in [2.05, 4.69) is 6.92 Å². The molecular weight excluding hydrogens is 223 g/mol. The summed E-state index contributed by atoms with van der Waals surface area (Å²) >= 11 is 16.5. The van der Waals surface area contributed by atoms with Gasteiger partial charge in [-0.2, -0.15) is 0 Å². The highest BCUT2D eigenvalue weighted by atomic mass is 35.8. The molecule has 0 spiro atoms. The van der Waals surface area contributed by atoms with Crippen molar-refractivity contribution in [3.8, 4) is 0 Å². The molecule has 0 atom stereocenters. The third-order valence-electron chi connectivity index (χ3n) is 1.26. The van der Waals surface area contributed by atoms with Crippen LogP contribution < -0.4 is 0 Å². The van der Waals surface area contributed by atoms with E-state index in [-0.39, 0.29) is 0 Å². The Hall–Kier alpha value is 1.05. The van der Waals surface area contributed by atoms with Gasteiger partial charge in [-0.3, -0.25) is 0 Å². The van der Waals surface area contributed by atoms with E-state index in [0.717, 1.165) is 12.8 Å². The molecule has 1 nitrogen and oxygen atoms in total. The summed E-state index contributed by atoms with van der Waals surface area (Å²) in [7, 11) is 0. The minimum absolute atomic E-state index is 0.586. The minimum Gasteiger partial charge on any atom is -0.381 e. The summed E-state index contributed by atoms with van der Waals surface area (Å²) in [6.45, 7) is 2.74. The van der Waals surface area contributed by atoms with Gasteiger partial charge >= 0.3 is 6.25 Å². The molecule has 11 heavy (non-hydrogen) atoms. The predicted molar refractivity (Wildman–Crippen MR) is 53.4 cm³/mol. The first-order chi connectivity index (χ1) is 5.06. The molecule has 0 fully saturated rings. The second kappa shape index (κ2) is 6.55. The van der Waals surface area contributed by atoms with E-state index in [0.29, 0.717) is 6.61 Å². The molecule has 0 unspecified atom stereocenters. The third kappa shape index (κ3) is 11.0. The normalized spacial score (nSPS) is 12.0. The van der Waals surface area contributed by atoms with Gasteiger partial charge in [-0.15, -0.1) is 0 Å². The molecule has 0 heterocycles. The first kappa shape index (κ1) is 12.0. The summed E-state index contributed by atoms with van der Waals surface area (Å²) in [5.74, 6) is 0. The smallest absolute Gasteiger partial charge is 0.381 e. The number of unbranched alkanes of at least 4 members (excludes halogenated alkanes) is 3. The zero-order valence-corrected chi connectivity index (χ0v) is 9.85. The fourth-order valence-corrected chi connectivity index (χ4v) is 1.79. The average Bonchev–Trinajstić information content (AvgIpc) is 1.85. The molecule has 0 aliphatic heterocycles. The van der Waals surface area contributed by atoms with Crippen LogP contribution in [0.25, 0.3) is 0 Å². The van der Waals surface area contributed by atoms with Gasteiger partial charge in [0.2, 0.25) is 0 Å². The maximum atomic E-state index is 5.49. The Morgan fingerprint density at radius 2 is 1.73 bits per heavy atom. The third-order valence-corrected chi connectivity index (χ3v) is 2.78. The lowest BCUT2D eigenvalue weighted by atomic mass is 10.2. The molecule has 5 heteroatoms. The molecule has 0 saturated carbocycles. The van der Waals surface area contributed by atoms with Crippen LogP contribution in [0.3, 0.4) is 0 Å². The largest absolute Gasteiger partial charge is 0.493 e. The van der Waals surface area contributed by atoms with Crippen LogP contribution in [0.15, 0.2) is 0 Å². The van der Waals surface area contributed by atoms with Gasteiger partial charge < -0.3 is 4.43 Å². The minimum atomic E-state index is -2.80. The molecule has 0 saturated heterocycles. The topological polar surface area (TPSA) is 9.23 Å². The van der Waals surface area contributed by atoms with Crippen LogP contribution in [0, 0.1) is 0 Å². The zero-order valence-electron chi connectivity index (χ0n) is 6.58. The van der Waals surface area contributed by atoms with Crippen molar-refractivity contribution in [2.75, 3.05) is 6.61 Å². The maximum Gasteiger partial charge on any atom is 0.493 e. The molecule has 0 bridgehead atoms. The summed E-state index contributed by atoms with van der Waals surface area (Å²) in [6.07, 6.45) is 1.79. The molecule has 0 aliphatic rings. The van der Waals surface area contributed by atoms with E-state index in [1.165, 1.54) is 12.8 Å². The Bertz CT molecular complexity index is 94.3. The monoisotopic (exact) mass is 234 g/mol. The molecule has 68 valence electrons. The van der Waals surface area contributed by atoms with Crippen molar-refractivity contribution in [1.82, 2.24) is 0 Å². The van der Waals surface area contributed by atoms with Crippen molar-refractivity contribution in [3.63, 3.8) is 0 Å². The molecule has 0 rings (SSSR count). The lowest BCUT2D eigenvalue weighted by Crippen LogP contribution is -2.16. The van der Waals surface area contributed by atoms with Crippen LogP contribution in [-0.4, -0.2) is 12.9 Å². The number of halogens is 3. The molecule has 0 N–H and O–H groups in total. The first-order valence-electron chi connectivity index (χ1n) is 3.77. The van der Waals surface area contributed by atoms with Gasteiger partial charge in [-0.05, 0) is 6.42 Å². The van der Waals surface area contributed by atoms with Gasteiger partial charge in [0.15, 0.2) is 0 Å². The van der Waals surface area contributed by atoms with Crippen LogP contribution in [-0.2, 0) is 4.43 Å². The SMILES string of the molecule is CCCCCCO[Si](Cl)(Cl)Cl. The summed E-state index contributed by atoms with van der Waals surface area (Å²) in [4.78, 5) is 0. The zero-order chi connectivity index (χ0) is 8.74. The summed E-state index contributed by atoms with van der Waals surface area (Å²) < 4.78 is 5.01. The van der Waals surface area contributed by atoms with Gasteiger partial charge in [0, 0.05) is 6.61 Å². The van der Waals surface area contributed by atoms with Crippen molar-refractivity contribution in [2.24, 2.45) is 0 Å². The Morgan fingerprint density at radius 3 is 2.18 bits per heavy atom. The number of rotatable bonds is 6. The van der Waals surface area contributed by atoms with Gasteiger partial charge in [0.25, 0.3) is 0 Å². The molecule has 0 aliphatic carbocycles.